The van der Waals surface area contributed by atoms with E-state index in [-0.39, 0.29) is 11.2 Å². The van der Waals surface area contributed by atoms with Gasteiger partial charge in [-0.15, -0.1) is 0 Å². The normalized spacial score (nSPS) is 17.5. The van der Waals surface area contributed by atoms with Gasteiger partial charge in [0.15, 0.2) is 0 Å². The first-order chi connectivity index (χ1) is 8.64. The van der Waals surface area contributed by atoms with Gasteiger partial charge < -0.3 is 9.47 Å². The minimum atomic E-state index is -0.375. The van der Waals surface area contributed by atoms with Crippen molar-refractivity contribution in [2.75, 3.05) is 14.2 Å². The molecule has 2 rings (SSSR count). The summed E-state index contributed by atoms with van der Waals surface area (Å²) < 4.78 is 10.7. The smallest absolute Gasteiger partial charge is 0.140 e. The van der Waals surface area contributed by atoms with Crippen LogP contribution in [0.5, 0.6) is 11.5 Å². The topological polar surface area (TPSA) is 35.5 Å². The fourth-order valence-corrected chi connectivity index (χ4v) is 2.98. The minimum absolute atomic E-state index is 0.228. The molecule has 0 aliphatic heterocycles. The molecule has 0 heterocycles. The monoisotopic (exact) mass is 248 g/mol. The van der Waals surface area contributed by atoms with Crippen LogP contribution in [0.3, 0.4) is 0 Å². The van der Waals surface area contributed by atoms with Crippen molar-refractivity contribution < 1.29 is 14.3 Å². The zero-order valence-corrected chi connectivity index (χ0v) is 11.3. The van der Waals surface area contributed by atoms with Crippen LogP contribution in [0.2, 0.25) is 0 Å². The van der Waals surface area contributed by atoms with Crippen LogP contribution in [-0.2, 0) is 10.2 Å². The number of benzene rings is 1. The van der Waals surface area contributed by atoms with Crippen molar-refractivity contribution >= 4 is 5.78 Å². The molecule has 98 valence electrons. The van der Waals surface area contributed by atoms with Gasteiger partial charge in [-0.05, 0) is 38.0 Å². The number of ether oxygens (including phenoxy) is 2. The maximum atomic E-state index is 12.1. The third-order valence-corrected chi connectivity index (χ3v) is 4.05. The molecule has 0 aromatic heterocycles. The van der Waals surface area contributed by atoms with Gasteiger partial charge in [0.05, 0.1) is 19.6 Å². The van der Waals surface area contributed by atoms with Crippen molar-refractivity contribution in [2.24, 2.45) is 0 Å². The Balaban J connectivity index is 2.55. The lowest BCUT2D eigenvalue weighted by atomic mass is 9.75. The van der Waals surface area contributed by atoms with Gasteiger partial charge in [0.2, 0.25) is 0 Å². The van der Waals surface area contributed by atoms with Gasteiger partial charge in [-0.3, -0.25) is 4.79 Å². The molecule has 18 heavy (non-hydrogen) atoms. The summed E-state index contributed by atoms with van der Waals surface area (Å²) in [6.45, 7) is 1.68. The maximum Gasteiger partial charge on any atom is 0.140 e. The first-order valence-electron chi connectivity index (χ1n) is 6.37. The summed E-state index contributed by atoms with van der Waals surface area (Å²) >= 11 is 0. The average molecular weight is 248 g/mol. The molecule has 0 radical (unpaired) electrons. The van der Waals surface area contributed by atoms with Crippen LogP contribution in [0.15, 0.2) is 18.2 Å². The molecule has 0 N–H and O–H groups in total. The number of hydrogen-bond donors (Lipinski definition) is 0. The van der Waals surface area contributed by atoms with Gasteiger partial charge in [-0.25, -0.2) is 0 Å². The van der Waals surface area contributed by atoms with E-state index in [1.807, 2.05) is 18.2 Å². The molecule has 0 amide bonds. The minimum Gasteiger partial charge on any atom is -0.497 e. The molecule has 1 aliphatic carbocycles. The van der Waals surface area contributed by atoms with Crippen LogP contribution in [-0.4, -0.2) is 20.0 Å². The molecular formula is C15H20O3. The maximum absolute atomic E-state index is 12.1. The second-order valence-electron chi connectivity index (χ2n) is 4.91. The van der Waals surface area contributed by atoms with Crippen LogP contribution in [0.4, 0.5) is 0 Å². The standard InChI is InChI=1S/C15H20O3/c1-11(16)15(8-4-5-9-15)13-10-12(17-2)6-7-14(13)18-3/h6-7,10H,4-5,8-9H2,1-3H3. The molecule has 0 saturated heterocycles. The molecule has 1 saturated carbocycles. The zero-order chi connectivity index (χ0) is 13.2. The van der Waals surface area contributed by atoms with E-state index in [4.69, 9.17) is 9.47 Å². The molecule has 3 heteroatoms. The lowest BCUT2D eigenvalue weighted by Crippen LogP contribution is -2.31. The van der Waals surface area contributed by atoms with Crippen LogP contribution < -0.4 is 9.47 Å². The van der Waals surface area contributed by atoms with Crippen LogP contribution >= 0.6 is 0 Å². The molecule has 0 unspecified atom stereocenters. The number of ketones is 1. The highest BCUT2D eigenvalue weighted by Gasteiger charge is 2.42. The molecular weight excluding hydrogens is 228 g/mol. The van der Waals surface area contributed by atoms with Crippen molar-refractivity contribution in [3.63, 3.8) is 0 Å². The van der Waals surface area contributed by atoms with Crippen molar-refractivity contribution in [2.45, 2.75) is 38.0 Å². The molecule has 1 aromatic carbocycles. The first-order valence-corrected chi connectivity index (χ1v) is 6.37. The van der Waals surface area contributed by atoms with E-state index in [0.717, 1.165) is 42.7 Å². The Morgan fingerprint density at radius 2 is 1.83 bits per heavy atom. The Labute approximate surface area is 108 Å². The number of carbonyl (C=O) groups is 1. The van der Waals surface area contributed by atoms with Crippen molar-refractivity contribution in [1.29, 1.82) is 0 Å². The van der Waals surface area contributed by atoms with E-state index in [2.05, 4.69) is 0 Å². The Kier molecular flexibility index (Phi) is 3.60. The predicted octanol–water partition coefficient (Wildman–Crippen LogP) is 3.10. The number of methoxy groups -OCH3 is 2. The van der Waals surface area contributed by atoms with Crippen molar-refractivity contribution in [1.82, 2.24) is 0 Å². The summed E-state index contributed by atoms with van der Waals surface area (Å²) in [5.41, 5.74) is 0.606. The highest BCUT2D eigenvalue weighted by molar-refractivity contribution is 5.89. The zero-order valence-electron chi connectivity index (χ0n) is 11.3. The molecule has 0 atom stereocenters. The lowest BCUT2D eigenvalue weighted by Gasteiger charge is -2.28. The third kappa shape index (κ3) is 1.98. The summed E-state index contributed by atoms with van der Waals surface area (Å²) in [4.78, 5) is 12.1. The van der Waals surface area contributed by atoms with Crippen LogP contribution in [0, 0.1) is 0 Å². The number of Topliss-reactive ketones (excluding diaryl/α,β-unsaturated/α-hetero) is 1. The molecule has 3 nitrogen and oxygen atoms in total. The quantitative estimate of drug-likeness (QED) is 0.821. The number of hydrogen-bond acceptors (Lipinski definition) is 3. The second-order valence-corrected chi connectivity index (χ2v) is 4.91. The van der Waals surface area contributed by atoms with E-state index in [9.17, 15) is 4.79 Å². The fourth-order valence-electron chi connectivity index (χ4n) is 2.98. The van der Waals surface area contributed by atoms with E-state index >= 15 is 0 Å². The largest absolute Gasteiger partial charge is 0.497 e. The van der Waals surface area contributed by atoms with Gasteiger partial charge in [-0.1, -0.05) is 12.8 Å². The highest BCUT2D eigenvalue weighted by atomic mass is 16.5. The van der Waals surface area contributed by atoms with Gasteiger partial charge >= 0.3 is 0 Å². The van der Waals surface area contributed by atoms with E-state index in [0.29, 0.717) is 0 Å². The molecule has 1 fully saturated rings. The van der Waals surface area contributed by atoms with E-state index in [1.54, 1.807) is 21.1 Å². The van der Waals surface area contributed by atoms with Gasteiger partial charge in [0, 0.05) is 5.56 Å². The Bertz CT molecular complexity index is 445. The molecule has 0 bridgehead atoms. The summed E-state index contributed by atoms with van der Waals surface area (Å²) in [6.07, 6.45) is 4.01. The summed E-state index contributed by atoms with van der Waals surface area (Å²) in [7, 11) is 3.29. The van der Waals surface area contributed by atoms with Gasteiger partial charge in [0.25, 0.3) is 0 Å². The fraction of sp³-hybridized carbons (Fsp3) is 0.533. The van der Waals surface area contributed by atoms with Crippen LogP contribution in [0.1, 0.15) is 38.2 Å². The average Bonchev–Trinajstić information content (AvgIpc) is 2.88. The summed E-state index contributed by atoms with van der Waals surface area (Å²) in [5.74, 6) is 1.79. The lowest BCUT2D eigenvalue weighted by molar-refractivity contribution is -0.122. The van der Waals surface area contributed by atoms with Crippen molar-refractivity contribution in [3.8, 4) is 11.5 Å². The molecule has 0 spiro atoms. The highest BCUT2D eigenvalue weighted by Crippen LogP contribution is 2.46. The second kappa shape index (κ2) is 5.01. The predicted molar refractivity (Wildman–Crippen MR) is 70.4 cm³/mol. The number of carbonyl (C=O) groups excluding carboxylic acids is 1. The Hall–Kier alpha value is -1.51. The molecule has 1 aliphatic rings. The van der Waals surface area contributed by atoms with Crippen molar-refractivity contribution in [3.05, 3.63) is 23.8 Å². The third-order valence-electron chi connectivity index (χ3n) is 4.05. The van der Waals surface area contributed by atoms with E-state index in [1.165, 1.54) is 0 Å². The van der Waals surface area contributed by atoms with E-state index < -0.39 is 0 Å². The van der Waals surface area contributed by atoms with Gasteiger partial charge in [-0.2, -0.15) is 0 Å². The summed E-state index contributed by atoms with van der Waals surface area (Å²) in [6, 6.07) is 5.70. The SMILES string of the molecule is COc1ccc(OC)c(C2(C(C)=O)CCCC2)c1. The first kappa shape index (κ1) is 12.9. The molecule has 1 aromatic rings. The van der Waals surface area contributed by atoms with Crippen LogP contribution in [0.25, 0.3) is 0 Å². The van der Waals surface area contributed by atoms with Gasteiger partial charge in [0.1, 0.15) is 17.3 Å². The Morgan fingerprint density at radius 1 is 1.17 bits per heavy atom. The summed E-state index contributed by atoms with van der Waals surface area (Å²) in [5, 5.41) is 0. The Morgan fingerprint density at radius 3 is 2.33 bits per heavy atom. The number of rotatable bonds is 4.